The van der Waals surface area contributed by atoms with E-state index in [1.165, 1.54) is 0 Å². The third-order valence-corrected chi connectivity index (χ3v) is 4.02. The fourth-order valence-electron chi connectivity index (χ4n) is 2.66. The molecule has 0 saturated heterocycles. The molecule has 3 rings (SSSR count). The van der Waals surface area contributed by atoms with E-state index < -0.39 is 0 Å². The third kappa shape index (κ3) is 3.54. The minimum atomic E-state index is 0.0128. The zero-order chi connectivity index (χ0) is 16.9. The lowest BCUT2D eigenvalue weighted by atomic mass is 10.0. The zero-order valence-corrected chi connectivity index (χ0v) is 14.0. The maximum atomic E-state index is 12.6. The second-order valence-electron chi connectivity index (χ2n) is 5.81. The molecule has 1 heterocycles. The lowest BCUT2D eigenvalue weighted by Gasteiger charge is -2.16. The highest BCUT2D eigenvalue weighted by atomic mass is 16.2. The number of benzene rings is 2. The Bertz CT molecular complexity index is 806. The van der Waals surface area contributed by atoms with Crippen molar-refractivity contribution in [3.8, 4) is 11.1 Å². The number of carbonyl (C=O) groups excluding carboxylic acids is 1. The lowest BCUT2D eigenvalue weighted by Crippen LogP contribution is -2.25. The Kier molecular flexibility index (Phi) is 4.75. The van der Waals surface area contributed by atoms with Gasteiger partial charge < -0.3 is 4.90 Å². The van der Waals surface area contributed by atoms with E-state index in [4.69, 9.17) is 0 Å². The molecule has 0 bridgehead atoms. The van der Waals surface area contributed by atoms with Crippen molar-refractivity contribution < 1.29 is 4.79 Å². The zero-order valence-electron chi connectivity index (χ0n) is 14.0. The Labute approximate surface area is 142 Å². The Balaban J connectivity index is 1.70. The van der Waals surface area contributed by atoms with E-state index in [2.05, 4.69) is 17.2 Å². The van der Waals surface area contributed by atoms with Gasteiger partial charge in [0.15, 0.2) is 0 Å². The van der Waals surface area contributed by atoms with Crippen LogP contribution >= 0.6 is 0 Å². The minimum absolute atomic E-state index is 0.0128. The number of hydrogen-bond acceptors (Lipinski definition) is 2. The standard InChI is InChI=1S/C20H21N3O/c1-3-23-15-16(13-21-23)14-22(2)20(24)19-11-9-18(10-12-19)17-7-5-4-6-8-17/h4-13,15H,3,14H2,1-2H3. The van der Waals surface area contributed by atoms with E-state index in [0.717, 1.165) is 23.2 Å². The highest BCUT2D eigenvalue weighted by molar-refractivity contribution is 5.94. The van der Waals surface area contributed by atoms with Crippen LogP contribution in [0, 0.1) is 0 Å². The highest BCUT2D eigenvalue weighted by Crippen LogP contribution is 2.20. The molecular weight excluding hydrogens is 298 g/mol. The monoisotopic (exact) mass is 319 g/mol. The van der Waals surface area contributed by atoms with Crippen molar-refractivity contribution in [1.82, 2.24) is 14.7 Å². The van der Waals surface area contributed by atoms with Gasteiger partial charge in [0.1, 0.15) is 0 Å². The molecule has 4 nitrogen and oxygen atoms in total. The van der Waals surface area contributed by atoms with Crippen LogP contribution in [-0.2, 0) is 13.1 Å². The van der Waals surface area contributed by atoms with Gasteiger partial charge in [0, 0.05) is 37.5 Å². The number of hydrogen-bond donors (Lipinski definition) is 0. The molecule has 0 radical (unpaired) electrons. The van der Waals surface area contributed by atoms with Gasteiger partial charge in [-0.05, 0) is 30.2 Å². The fourth-order valence-corrected chi connectivity index (χ4v) is 2.66. The van der Waals surface area contributed by atoms with Crippen LogP contribution in [-0.4, -0.2) is 27.6 Å². The van der Waals surface area contributed by atoms with Crippen molar-refractivity contribution in [2.75, 3.05) is 7.05 Å². The van der Waals surface area contributed by atoms with Crippen molar-refractivity contribution >= 4 is 5.91 Å². The number of amides is 1. The molecule has 1 amide bonds. The summed E-state index contributed by atoms with van der Waals surface area (Å²) in [5.41, 5.74) is 3.99. The van der Waals surface area contributed by atoms with E-state index in [1.54, 1.807) is 4.90 Å². The molecule has 0 fully saturated rings. The van der Waals surface area contributed by atoms with Crippen LogP contribution in [0.5, 0.6) is 0 Å². The Hall–Kier alpha value is -2.88. The van der Waals surface area contributed by atoms with Gasteiger partial charge in [-0.2, -0.15) is 5.10 Å². The van der Waals surface area contributed by atoms with Gasteiger partial charge in [-0.3, -0.25) is 9.48 Å². The molecule has 3 aromatic rings. The molecule has 0 aliphatic rings. The van der Waals surface area contributed by atoms with Gasteiger partial charge in [0.25, 0.3) is 5.91 Å². The SMILES string of the molecule is CCn1cc(CN(C)C(=O)c2ccc(-c3ccccc3)cc2)cn1. The molecule has 0 aliphatic carbocycles. The predicted molar refractivity (Wildman–Crippen MR) is 95.6 cm³/mol. The third-order valence-electron chi connectivity index (χ3n) is 4.02. The van der Waals surface area contributed by atoms with Gasteiger partial charge in [-0.1, -0.05) is 42.5 Å². The van der Waals surface area contributed by atoms with Gasteiger partial charge in [0.2, 0.25) is 0 Å². The van der Waals surface area contributed by atoms with Crippen LogP contribution in [0.2, 0.25) is 0 Å². The van der Waals surface area contributed by atoms with Crippen LogP contribution in [0.1, 0.15) is 22.8 Å². The number of nitrogens with zero attached hydrogens (tertiary/aromatic N) is 3. The molecule has 0 N–H and O–H groups in total. The molecule has 4 heteroatoms. The maximum absolute atomic E-state index is 12.6. The number of aryl methyl sites for hydroxylation is 1. The number of aromatic nitrogens is 2. The van der Waals surface area contributed by atoms with Crippen LogP contribution in [0.3, 0.4) is 0 Å². The maximum Gasteiger partial charge on any atom is 0.253 e. The minimum Gasteiger partial charge on any atom is -0.337 e. The summed E-state index contributed by atoms with van der Waals surface area (Å²) in [4.78, 5) is 14.3. The molecule has 122 valence electrons. The summed E-state index contributed by atoms with van der Waals surface area (Å²) in [7, 11) is 1.82. The van der Waals surface area contributed by atoms with Crippen molar-refractivity contribution in [3.63, 3.8) is 0 Å². The smallest absolute Gasteiger partial charge is 0.253 e. The summed E-state index contributed by atoms with van der Waals surface area (Å²) in [5, 5.41) is 4.24. The topological polar surface area (TPSA) is 38.1 Å². The van der Waals surface area contributed by atoms with E-state index >= 15 is 0 Å². The van der Waals surface area contributed by atoms with Gasteiger partial charge in [-0.25, -0.2) is 0 Å². The highest BCUT2D eigenvalue weighted by Gasteiger charge is 2.13. The summed E-state index contributed by atoms with van der Waals surface area (Å²) in [6.07, 6.45) is 3.79. The largest absolute Gasteiger partial charge is 0.337 e. The van der Waals surface area contributed by atoms with Crippen molar-refractivity contribution in [3.05, 3.63) is 78.1 Å². The van der Waals surface area contributed by atoms with E-state index in [0.29, 0.717) is 12.1 Å². The quantitative estimate of drug-likeness (QED) is 0.716. The fraction of sp³-hybridized carbons (Fsp3) is 0.200. The van der Waals surface area contributed by atoms with Crippen LogP contribution < -0.4 is 0 Å². The molecule has 0 aliphatic heterocycles. The van der Waals surface area contributed by atoms with Crippen LogP contribution in [0.15, 0.2) is 67.0 Å². The first-order chi connectivity index (χ1) is 11.7. The van der Waals surface area contributed by atoms with Crippen LogP contribution in [0.25, 0.3) is 11.1 Å². The van der Waals surface area contributed by atoms with Gasteiger partial charge in [0.05, 0.1) is 6.20 Å². The molecule has 1 aromatic heterocycles. The summed E-state index contributed by atoms with van der Waals surface area (Å²) in [6, 6.07) is 17.9. The van der Waals surface area contributed by atoms with Crippen molar-refractivity contribution in [2.24, 2.45) is 0 Å². The van der Waals surface area contributed by atoms with E-state index in [9.17, 15) is 4.79 Å². The molecule has 0 spiro atoms. The molecule has 0 atom stereocenters. The second-order valence-corrected chi connectivity index (χ2v) is 5.81. The van der Waals surface area contributed by atoms with Gasteiger partial charge >= 0.3 is 0 Å². The Morgan fingerprint density at radius 1 is 1.04 bits per heavy atom. The average molecular weight is 319 g/mol. The Morgan fingerprint density at radius 2 is 1.71 bits per heavy atom. The second kappa shape index (κ2) is 7.13. The molecular formula is C20H21N3O. The summed E-state index contributed by atoms with van der Waals surface area (Å²) in [5.74, 6) is 0.0128. The summed E-state index contributed by atoms with van der Waals surface area (Å²) in [6.45, 7) is 3.43. The molecule has 24 heavy (non-hydrogen) atoms. The summed E-state index contributed by atoms with van der Waals surface area (Å²) >= 11 is 0. The van der Waals surface area contributed by atoms with Crippen LogP contribution in [0.4, 0.5) is 0 Å². The first-order valence-electron chi connectivity index (χ1n) is 8.09. The molecule has 2 aromatic carbocycles. The molecule has 0 saturated carbocycles. The van der Waals surface area contributed by atoms with Crippen molar-refractivity contribution in [1.29, 1.82) is 0 Å². The van der Waals surface area contributed by atoms with E-state index in [-0.39, 0.29) is 5.91 Å². The Morgan fingerprint density at radius 3 is 2.33 bits per heavy atom. The average Bonchev–Trinajstić information content (AvgIpc) is 3.09. The molecule has 0 unspecified atom stereocenters. The van der Waals surface area contributed by atoms with Gasteiger partial charge in [-0.15, -0.1) is 0 Å². The first-order valence-corrected chi connectivity index (χ1v) is 8.09. The number of rotatable bonds is 5. The lowest BCUT2D eigenvalue weighted by molar-refractivity contribution is 0.0785. The number of carbonyl (C=O) groups is 1. The summed E-state index contributed by atoms with van der Waals surface area (Å²) < 4.78 is 1.86. The predicted octanol–water partition coefficient (Wildman–Crippen LogP) is 3.84. The van der Waals surface area contributed by atoms with E-state index in [1.807, 2.05) is 73.5 Å². The van der Waals surface area contributed by atoms with Crippen molar-refractivity contribution in [2.45, 2.75) is 20.0 Å². The first kappa shape index (κ1) is 16.0. The normalized spacial score (nSPS) is 10.6.